The second-order valence-corrected chi connectivity index (χ2v) is 7.13. The Bertz CT molecular complexity index is 581. The largest absolute Gasteiger partial charge is 1.00 e. The van der Waals surface area contributed by atoms with Gasteiger partial charge in [-0.05, 0) is 39.0 Å². The topological polar surface area (TPSA) is 74.6 Å². The molecule has 2 N–H and O–H groups in total. The van der Waals surface area contributed by atoms with Crippen LogP contribution in [0.1, 0.15) is 65.7 Å². The molecule has 1 atom stereocenters. The molecule has 6 heteroatoms. The van der Waals surface area contributed by atoms with Crippen LogP contribution in [-0.2, 0) is 31.3 Å². The van der Waals surface area contributed by atoms with Gasteiger partial charge >= 0.3 is 11.9 Å². The summed E-state index contributed by atoms with van der Waals surface area (Å²) in [6, 6.07) is 0. The van der Waals surface area contributed by atoms with Crippen molar-refractivity contribution in [3.8, 4) is 0 Å². The molecule has 0 fully saturated rings. The van der Waals surface area contributed by atoms with Gasteiger partial charge in [-0.15, -0.1) is 12.0 Å². The van der Waals surface area contributed by atoms with E-state index in [1.165, 1.54) is 58.8 Å². The molecule has 0 amide bonds. The summed E-state index contributed by atoms with van der Waals surface area (Å²) in [7, 11) is 0. The predicted molar refractivity (Wildman–Crippen MR) is 105 cm³/mol. The molecule has 3 aliphatic rings. The number of hydrogen-bond donors (Lipinski definition) is 2. The zero-order valence-corrected chi connectivity index (χ0v) is 19.4. The van der Waals surface area contributed by atoms with Crippen LogP contribution < -0.4 is 12.4 Å². The second kappa shape index (κ2) is 13.9. The Morgan fingerprint density at radius 2 is 1.36 bits per heavy atom. The normalized spacial score (nSPS) is 18.9. The molecule has 0 spiro atoms. The first-order chi connectivity index (χ1) is 12.2. The van der Waals surface area contributed by atoms with Crippen LogP contribution in [0.5, 0.6) is 0 Å². The van der Waals surface area contributed by atoms with Gasteiger partial charge in [-0.25, -0.2) is 21.6 Å². The number of aliphatic carboxylic acids is 2. The first-order valence-corrected chi connectivity index (χ1v) is 9.22. The SMILES string of the molecule is C=C(C)C(=O)O.C=C(C)C(=O)O.CC1C2=C(CCC[CH-]2)C2=C1CCCC2.[Cl-].[Ti]. The molecule has 1 unspecified atom stereocenters. The first-order valence-electron chi connectivity index (χ1n) is 9.22. The van der Waals surface area contributed by atoms with Crippen molar-refractivity contribution in [2.45, 2.75) is 65.7 Å². The number of carboxylic acid groups (broad SMARTS) is 2. The minimum Gasteiger partial charge on any atom is -1.00 e. The quantitative estimate of drug-likeness (QED) is 0.391. The maximum absolute atomic E-state index is 9.60. The fraction of sp³-hybridized carbons (Fsp3) is 0.500. The number of fused-ring (bicyclic) bond motifs is 1. The number of carbonyl (C=O) groups is 2. The van der Waals surface area contributed by atoms with Gasteiger partial charge in [0.2, 0.25) is 0 Å². The van der Waals surface area contributed by atoms with Crippen molar-refractivity contribution in [2.75, 3.05) is 0 Å². The van der Waals surface area contributed by atoms with Gasteiger partial charge in [-0.2, -0.15) is 5.57 Å². The summed E-state index contributed by atoms with van der Waals surface area (Å²) in [5.41, 5.74) is 7.42. The van der Waals surface area contributed by atoms with Crippen molar-refractivity contribution < 1.29 is 53.9 Å². The molecule has 0 aliphatic heterocycles. The predicted octanol–water partition coefficient (Wildman–Crippen LogP) is 2.49. The summed E-state index contributed by atoms with van der Waals surface area (Å²) in [5, 5.41) is 15.8. The molecule has 0 aromatic heterocycles. The number of halogens is 1. The molecular formula is C22H31ClO4Ti-2. The van der Waals surface area contributed by atoms with Crippen molar-refractivity contribution in [1.29, 1.82) is 0 Å². The van der Waals surface area contributed by atoms with Crippen molar-refractivity contribution in [1.82, 2.24) is 0 Å². The zero-order valence-electron chi connectivity index (χ0n) is 17.1. The fourth-order valence-electron chi connectivity index (χ4n) is 3.51. The number of hydrogen-bond acceptors (Lipinski definition) is 2. The number of allylic oxidation sites excluding steroid dienone is 4. The average molecular weight is 443 g/mol. The molecule has 0 aromatic rings. The number of rotatable bonds is 2. The second-order valence-electron chi connectivity index (χ2n) is 7.13. The maximum atomic E-state index is 9.60. The van der Waals surface area contributed by atoms with Gasteiger partial charge in [0, 0.05) is 32.9 Å². The van der Waals surface area contributed by atoms with Gasteiger partial charge in [0.25, 0.3) is 0 Å². The van der Waals surface area contributed by atoms with E-state index >= 15 is 0 Å². The van der Waals surface area contributed by atoms with Crippen LogP contribution in [0.4, 0.5) is 0 Å². The minimum atomic E-state index is -0.935. The van der Waals surface area contributed by atoms with Gasteiger partial charge in [0.05, 0.1) is 0 Å². The van der Waals surface area contributed by atoms with Crippen LogP contribution >= 0.6 is 0 Å². The Morgan fingerprint density at radius 1 is 0.929 bits per heavy atom. The summed E-state index contributed by atoms with van der Waals surface area (Å²) in [5.74, 6) is -1.09. The van der Waals surface area contributed by atoms with E-state index in [-0.39, 0.29) is 45.3 Å². The van der Waals surface area contributed by atoms with Crippen LogP contribution in [0.2, 0.25) is 0 Å². The van der Waals surface area contributed by atoms with Gasteiger partial charge < -0.3 is 22.6 Å². The van der Waals surface area contributed by atoms with Crippen molar-refractivity contribution >= 4 is 11.9 Å². The van der Waals surface area contributed by atoms with Gasteiger partial charge in [-0.3, -0.25) is 0 Å². The van der Waals surface area contributed by atoms with E-state index in [1.807, 2.05) is 0 Å². The number of carboxylic acids is 2. The summed E-state index contributed by atoms with van der Waals surface area (Å²) < 4.78 is 0. The van der Waals surface area contributed by atoms with Crippen LogP contribution in [0.25, 0.3) is 0 Å². The summed E-state index contributed by atoms with van der Waals surface area (Å²) in [4.78, 5) is 19.2. The average Bonchev–Trinajstić information content (AvgIpc) is 2.89. The van der Waals surface area contributed by atoms with E-state index in [0.717, 1.165) is 5.92 Å². The molecule has 28 heavy (non-hydrogen) atoms. The standard InChI is InChI=1S/C14H19.2C4H6O2.ClH.Ti/c1-10-11-6-2-4-8-13(11)14-9-5-3-7-12(10)14;2*1-3(2)4(5)6;;/h6,10H,2-5,7-9H2,1H3;2*1H2,2H3,(H,5,6);1H;/q-1;;;;/p-1. The fourth-order valence-corrected chi connectivity index (χ4v) is 3.51. The van der Waals surface area contributed by atoms with E-state index in [9.17, 15) is 9.59 Å². The van der Waals surface area contributed by atoms with Crippen molar-refractivity contribution in [3.63, 3.8) is 0 Å². The third kappa shape index (κ3) is 8.42. The van der Waals surface area contributed by atoms with E-state index < -0.39 is 11.9 Å². The Labute approximate surface area is 190 Å². The van der Waals surface area contributed by atoms with Crippen molar-refractivity contribution in [2.24, 2.45) is 5.92 Å². The molecule has 0 bridgehead atoms. The van der Waals surface area contributed by atoms with Crippen LogP contribution in [-0.4, -0.2) is 22.2 Å². The van der Waals surface area contributed by atoms with Gasteiger partial charge in [-0.1, -0.05) is 44.9 Å². The summed E-state index contributed by atoms with van der Waals surface area (Å²) >= 11 is 0. The Balaban J connectivity index is 0. The molecule has 0 saturated carbocycles. The zero-order chi connectivity index (χ0) is 19.9. The molecule has 0 heterocycles. The molecule has 0 saturated heterocycles. The maximum Gasteiger partial charge on any atom is 0.330 e. The van der Waals surface area contributed by atoms with Gasteiger partial charge in [0.15, 0.2) is 0 Å². The monoisotopic (exact) mass is 442 g/mol. The molecule has 0 radical (unpaired) electrons. The third-order valence-corrected chi connectivity index (χ3v) is 4.94. The van der Waals surface area contributed by atoms with Crippen LogP contribution in [0.3, 0.4) is 0 Å². The van der Waals surface area contributed by atoms with Crippen LogP contribution in [0.15, 0.2) is 46.6 Å². The molecule has 4 nitrogen and oxygen atoms in total. The molecule has 3 aliphatic carbocycles. The minimum absolute atomic E-state index is 0. The summed E-state index contributed by atoms with van der Waals surface area (Å²) in [6.07, 6.45) is 12.2. The smallest absolute Gasteiger partial charge is 0.330 e. The third-order valence-electron chi connectivity index (χ3n) is 4.94. The van der Waals surface area contributed by atoms with Gasteiger partial charge in [0.1, 0.15) is 0 Å². The Kier molecular flexibility index (Phi) is 14.4. The van der Waals surface area contributed by atoms with Crippen LogP contribution in [0, 0.1) is 12.3 Å². The molecule has 156 valence electrons. The summed E-state index contributed by atoms with van der Waals surface area (Å²) in [6.45, 7) is 11.6. The Hall–Kier alpha value is -1.23. The van der Waals surface area contributed by atoms with E-state index in [4.69, 9.17) is 10.2 Å². The molecule has 3 rings (SSSR count). The molecule has 0 aromatic carbocycles. The van der Waals surface area contributed by atoms with E-state index in [0.29, 0.717) is 0 Å². The van der Waals surface area contributed by atoms with Crippen molar-refractivity contribution in [3.05, 3.63) is 53.0 Å². The van der Waals surface area contributed by atoms with E-state index in [2.05, 4.69) is 26.5 Å². The first kappa shape index (κ1) is 29.0. The molecular weight excluding hydrogens is 412 g/mol. The van der Waals surface area contributed by atoms with E-state index in [1.54, 1.807) is 22.3 Å². The Morgan fingerprint density at radius 3 is 1.82 bits per heavy atom.